The second-order valence-electron chi connectivity index (χ2n) is 7.55. The number of sulfone groups is 1. The fraction of sp³-hybridized carbons (Fsp3) is 0.286. The Morgan fingerprint density at radius 1 is 1.09 bits per heavy atom. The molecule has 172 valence electrons. The number of pyridine rings is 1. The van der Waals surface area contributed by atoms with Gasteiger partial charge in [0.25, 0.3) is 5.88 Å². The van der Waals surface area contributed by atoms with Crippen molar-refractivity contribution in [2.24, 2.45) is 0 Å². The molecule has 1 aliphatic heterocycles. The Morgan fingerprint density at radius 2 is 1.82 bits per heavy atom. The van der Waals surface area contributed by atoms with E-state index in [9.17, 15) is 18.5 Å². The van der Waals surface area contributed by atoms with Crippen molar-refractivity contribution in [2.75, 3.05) is 29.6 Å². The third kappa shape index (κ3) is 5.34. The smallest absolute Gasteiger partial charge is 0.373 e. The Kier molecular flexibility index (Phi) is 6.36. The Bertz CT molecular complexity index is 1230. The first-order chi connectivity index (χ1) is 15.8. The van der Waals surface area contributed by atoms with E-state index in [4.69, 9.17) is 4.74 Å². The minimum absolute atomic E-state index is 0.0389. The van der Waals surface area contributed by atoms with Crippen molar-refractivity contribution < 1.29 is 18.1 Å². The van der Waals surface area contributed by atoms with Crippen LogP contribution in [0, 0.1) is 10.1 Å². The van der Waals surface area contributed by atoms with E-state index < -0.39 is 14.8 Å². The fourth-order valence-electron chi connectivity index (χ4n) is 3.53. The highest BCUT2D eigenvalue weighted by Gasteiger charge is 2.29. The zero-order valence-corrected chi connectivity index (χ0v) is 18.6. The Hall–Kier alpha value is -3.80. The summed E-state index contributed by atoms with van der Waals surface area (Å²) in [6, 6.07) is 11.6. The van der Waals surface area contributed by atoms with Crippen molar-refractivity contribution in [1.82, 2.24) is 15.0 Å². The first kappa shape index (κ1) is 22.4. The number of piperidine rings is 1. The van der Waals surface area contributed by atoms with Crippen LogP contribution in [0.2, 0.25) is 0 Å². The van der Waals surface area contributed by atoms with E-state index >= 15 is 0 Å². The summed E-state index contributed by atoms with van der Waals surface area (Å²) in [5.41, 5.74) is 0.0654. The van der Waals surface area contributed by atoms with Gasteiger partial charge in [0, 0.05) is 44.1 Å². The summed E-state index contributed by atoms with van der Waals surface area (Å²) in [7, 11) is -3.35. The number of nitrogens with zero attached hydrogens (tertiary/aromatic N) is 5. The lowest BCUT2D eigenvalue weighted by Crippen LogP contribution is -2.38. The summed E-state index contributed by atoms with van der Waals surface area (Å²) in [5, 5.41) is 14.7. The monoisotopic (exact) mass is 470 g/mol. The summed E-state index contributed by atoms with van der Waals surface area (Å²) >= 11 is 0. The van der Waals surface area contributed by atoms with Gasteiger partial charge in [0.1, 0.15) is 18.2 Å². The van der Waals surface area contributed by atoms with Gasteiger partial charge >= 0.3 is 5.69 Å². The fourth-order valence-corrected chi connectivity index (χ4v) is 4.16. The Labute approximate surface area is 190 Å². The normalized spacial score (nSPS) is 14.6. The highest BCUT2D eigenvalue weighted by atomic mass is 32.2. The SMILES string of the molecule is CS(=O)(=O)c1ccc(Nc2ncnc(OC3CCN(c4ccccn4)CC3)c2[N+](=O)[O-])cc1. The molecule has 0 bridgehead atoms. The largest absolute Gasteiger partial charge is 0.469 e. The van der Waals surface area contributed by atoms with Gasteiger partial charge in [-0.2, -0.15) is 4.98 Å². The van der Waals surface area contributed by atoms with Crippen LogP contribution in [-0.2, 0) is 9.84 Å². The van der Waals surface area contributed by atoms with Crippen LogP contribution < -0.4 is 15.0 Å². The molecular weight excluding hydrogens is 448 g/mol. The third-order valence-electron chi connectivity index (χ3n) is 5.21. The molecule has 3 aromatic rings. The van der Waals surface area contributed by atoms with E-state index in [1.54, 1.807) is 6.20 Å². The van der Waals surface area contributed by atoms with Crippen molar-refractivity contribution in [1.29, 1.82) is 0 Å². The number of nitrogens with one attached hydrogen (secondary N) is 1. The Balaban J connectivity index is 1.48. The predicted molar refractivity (Wildman–Crippen MR) is 122 cm³/mol. The van der Waals surface area contributed by atoms with Crippen LogP contribution >= 0.6 is 0 Å². The summed E-state index contributed by atoms with van der Waals surface area (Å²) in [6.45, 7) is 1.41. The lowest BCUT2D eigenvalue weighted by molar-refractivity contribution is -0.385. The number of nitro groups is 1. The second kappa shape index (κ2) is 9.36. The van der Waals surface area contributed by atoms with Gasteiger partial charge in [-0.25, -0.2) is 18.4 Å². The number of aromatic nitrogens is 3. The van der Waals surface area contributed by atoms with Crippen molar-refractivity contribution in [2.45, 2.75) is 23.8 Å². The zero-order chi connectivity index (χ0) is 23.4. The molecule has 33 heavy (non-hydrogen) atoms. The van der Waals surface area contributed by atoms with Crippen LogP contribution in [0.3, 0.4) is 0 Å². The van der Waals surface area contributed by atoms with Gasteiger partial charge in [-0.15, -0.1) is 0 Å². The summed E-state index contributed by atoms with van der Waals surface area (Å²) in [4.78, 5) is 25.8. The van der Waals surface area contributed by atoms with Crippen molar-refractivity contribution in [3.05, 3.63) is 65.1 Å². The lowest BCUT2D eigenvalue weighted by Gasteiger charge is -2.32. The standard InChI is InChI=1S/C21H22N6O5S/c1-33(30,31)17-7-5-15(6-8-17)25-20-19(27(28)29)21(24-14-23-20)32-16-9-12-26(13-10-16)18-4-2-3-11-22-18/h2-8,11,14,16H,9-10,12-13H2,1H3,(H,23,24,25). The molecule has 0 amide bonds. The maximum atomic E-state index is 11.8. The van der Waals surface area contributed by atoms with Crippen LogP contribution in [0.4, 0.5) is 23.0 Å². The van der Waals surface area contributed by atoms with Crippen molar-refractivity contribution >= 4 is 32.8 Å². The number of anilines is 3. The Morgan fingerprint density at radius 3 is 2.42 bits per heavy atom. The molecule has 0 atom stereocenters. The molecule has 0 radical (unpaired) electrons. The number of rotatable bonds is 7. The topological polar surface area (TPSA) is 140 Å². The van der Waals surface area contributed by atoms with Crippen molar-refractivity contribution in [3.8, 4) is 5.88 Å². The molecule has 1 aliphatic rings. The highest BCUT2D eigenvalue weighted by molar-refractivity contribution is 7.90. The average molecular weight is 471 g/mol. The van der Waals surface area contributed by atoms with Gasteiger partial charge in [-0.1, -0.05) is 6.07 Å². The first-order valence-electron chi connectivity index (χ1n) is 10.2. The number of ether oxygens (including phenoxy) is 1. The molecule has 3 heterocycles. The van der Waals surface area contributed by atoms with Crippen molar-refractivity contribution in [3.63, 3.8) is 0 Å². The molecular formula is C21H22N6O5S. The van der Waals surface area contributed by atoms with Gasteiger partial charge in [0.2, 0.25) is 5.82 Å². The second-order valence-corrected chi connectivity index (χ2v) is 9.56. The molecule has 1 fully saturated rings. The predicted octanol–water partition coefficient (Wildman–Crippen LogP) is 2.97. The molecule has 4 rings (SSSR count). The first-order valence-corrected chi connectivity index (χ1v) is 12.1. The van der Waals surface area contributed by atoms with Crippen LogP contribution in [0.5, 0.6) is 5.88 Å². The van der Waals surface area contributed by atoms with E-state index in [1.807, 2.05) is 18.2 Å². The molecule has 2 aromatic heterocycles. The van der Waals surface area contributed by atoms with Gasteiger partial charge < -0.3 is 15.0 Å². The molecule has 0 aliphatic carbocycles. The number of hydrogen-bond acceptors (Lipinski definition) is 10. The zero-order valence-electron chi connectivity index (χ0n) is 17.8. The van der Waals surface area contributed by atoms with E-state index in [1.165, 1.54) is 30.6 Å². The molecule has 0 saturated carbocycles. The number of hydrogen-bond donors (Lipinski definition) is 1. The molecule has 1 N–H and O–H groups in total. The third-order valence-corrected chi connectivity index (χ3v) is 6.34. The van der Waals surface area contributed by atoms with E-state index in [0.29, 0.717) is 31.6 Å². The minimum atomic E-state index is -3.35. The van der Waals surface area contributed by atoms with Gasteiger partial charge in [0.05, 0.1) is 9.82 Å². The summed E-state index contributed by atoms with van der Waals surface area (Å²) < 4.78 is 29.2. The summed E-state index contributed by atoms with van der Waals surface area (Å²) in [6.07, 6.45) is 5.13. The lowest BCUT2D eigenvalue weighted by atomic mass is 10.1. The highest BCUT2D eigenvalue weighted by Crippen LogP contribution is 2.34. The van der Waals surface area contributed by atoms with E-state index in [2.05, 4.69) is 25.2 Å². The quantitative estimate of drug-likeness (QED) is 0.405. The van der Waals surface area contributed by atoms with Crippen LogP contribution in [0.25, 0.3) is 0 Å². The minimum Gasteiger partial charge on any atom is -0.469 e. The molecule has 1 saturated heterocycles. The van der Waals surface area contributed by atoms with E-state index in [0.717, 1.165) is 12.1 Å². The molecule has 0 unspecified atom stereocenters. The molecule has 11 nitrogen and oxygen atoms in total. The van der Waals surface area contributed by atoms with Gasteiger partial charge in [0.15, 0.2) is 9.84 Å². The van der Waals surface area contributed by atoms with Crippen LogP contribution in [0.15, 0.2) is 59.9 Å². The van der Waals surface area contributed by atoms with Crippen LogP contribution in [-0.4, -0.2) is 53.7 Å². The average Bonchev–Trinajstić information content (AvgIpc) is 2.80. The molecule has 1 aromatic carbocycles. The van der Waals surface area contributed by atoms with Crippen LogP contribution in [0.1, 0.15) is 12.8 Å². The number of benzene rings is 1. The molecule has 0 spiro atoms. The maximum Gasteiger partial charge on any atom is 0.373 e. The van der Waals surface area contributed by atoms with Gasteiger partial charge in [-0.3, -0.25) is 10.1 Å². The maximum absolute atomic E-state index is 11.8. The summed E-state index contributed by atoms with van der Waals surface area (Å²) in [5.74, 6) is 0.738. The molecule has 12 heteroatoms. The van der Waals surface area contributed by atoms with Gasteiger partial charge in [-0.05, 0) is 36.4 Å². The van der Waals surface area contributed by atoms with E-state index in [-0.39, 0.29) is 28.4 Å².